The number of carbonyl (C=O) groups is 1. The van der Waals surface area contributed by atoms with Crippen LogP contribution in [0.25, 0.3) is 0 Å². The second-order valence-corrected chi connectivity index (χ2v) is 5.49. The molecule has 14 heavy (non-hydrogen) atoms. The van der Waals surface area contributed by atoms with E-state index in [4.69, 9.17) is 5.11 Å². The highest BCUT2D eigenvalue weighted by atomic mass is 32.2. The lowest BCUT2D eigenvalue weighted by Crippen LogP contribution is -2.05. The van der Waals surface area contributed by atoms with Crippen LogP contribution in [0.3, 0.4) is 0 Å². The molecule has 0 aromatic carbocycles. The molecule has 2 nitrogen and oxygen atoms in total. The summed E-state index contributed by atoms with van der Waals surface area (Å²) in [7, 11) is 0. The number of thioether (sulfide) groups is 1. The number of hydrogen-bond acceptors (Lipinski definition) is 3. The summed E-state index contributed by atoms with van der Waals surface area (Å²) in [6.07, 6.45) is 6.38. The highest BCUT2D eigenvalue weighted by Gasteiger charge is 2.23. The Balaban J connectivity index is 2.52. The van der Waals surface area contributed by atoms with Crippen LogP contribution in [0.1, 0.15) is 33.6 Å². The molecule has 0 unspecified atom stereocenters. The zero-order chi connectivity index (χ0) is 10.1. The normalized spacial score (nSPS) is 15.2. The average molecular weight is 228 g/mol. The van der Waals surface area contributed by atoms with E-state index >= 15 is 0 Å². The Labute approximate surface area is 91.3 Å². The van der Waals surface area contributed by atoms with E-state index in [0.29, 0.717) is 4.88 Å². The fourth-order valence-corrected chi connectivity index (χ4v) is 3.96. The Kier molecular flexibility index (Phi) is 2.83. The zero-order valence-corrected chi connectivity index (χ0v) is 9.63. The molecule has 76 valence electrons. The minimum absolute atomic E-state index is 0.573. The molecule has 0 amide bonds. The summed E-state index contributed by atoms with van der Waals surface area (Å²) >= 11 is 3.12. The van der Waals surface area contributed by atoms with Crippen LogP contribution in [0.5, 0.6) is 0 Å². The molecule has 0 atom stereocenters. The number of carboxylic acids is 1. The van der Waals surface area contributed by atoms with E-state index in [0.717, 1.165) is 24.8 Å². The van der Waals surface area contributed by atoms with Gasteiger partial charge in [-0.05, 0) is 43.1 Å². The van der Waals surface area contributed by atoms with Crippen LogP contribution < -0.4 is 0 Å². The number of rotatable bonds is 2. The molecule has 4 heteroatoms. The second kappa shape index (κ2) is 3.95. The zero-order valence-electron chi connectivity index (χ0n) is 8.00. The molecule has 0 saturated heterocycles. The number of aromatic carboxylic acids is 1. The van der Waals surface area contributed by atoms with E-state index in [1.54, 1.807) is 11.8 Å². The Bertz CT molecular complexity index is 368. The molecule has 2 rings (SSSR count). The molecule has 1 aliphatic rings. The topological polar surface area (TPSA) is 37.3 Å². The van der Waals surface area contributed by atoms with Gasteiger partial charge in [-0.25, -0.2) is 4.79 Å². The van der Waals surface area contributed by atoms with E-state index in [1.807, 2.05) is 6.26 Å². The number of thiophene rings is 1. The first-order chi connectivity index (χ1) is 6.74. The molecular weight excluding hydrogens is 216 g/mol. The summed E-state index contributed by atoms with van der Waals surface area (Å²) in [4.78, 5) is 11.6. The molecule has 1 aromatic heterocycles. The van der Waals surface area contributed by atoms with Gasteiger partial charge in [0.05, 0.1) is 4.21 Å². The van der Waals surface area contributed by atoms with Crippen LogP contribution in [0, 0.1) is 0 Å². The summed E-state index contributed by atoms with van der Waals surface area (Å²) < 4.78 is 1.21. The van der Waals surface area contributed by atoms with Gasteiger partial charge in [0, 0.05) is 0 Å². The van der Waals surface area contributed by atoms with Crippen molar-refractivity contribution in [1.29, 1.82) is 0 Å². The van der Waals surface area contributed by atoms with E-state index in [9.17, 15) is 4.79 Å². The number of carboxylic acid groups (broad SMARTS) is 1. The number of hydrogen-bond donors (Lipinski definition) is 1. The van der Waals surface area contributed by atoms with Crippen molar-refractivity contribution in [2.24, 2.45) is 0 Å². The Morgan fingerprint density at radius 1 is 1.36 bits per heavy atom. The quantitative estimate of drug-likeness (QED) is 0.790. The Morgan fingerprint density at radius 2 is 2.00 bits per heavy atom. The molecule has 0 aliphatic heterocycles. The lowest BCUT2D eigenvalue weighted by atomic mass is 9.94. The molecule has 0 fully saturated rings. The van der Waals surface area contributed by atoms with Crippen molar-refractivity contribution in [2.75, 3.05) is 6.26 Å². The van der Waals surface area contributed by atoms with Crippen molar-refractivity contribution in [1.82, 2.24) is 0 Å². The number of fused-ring (bicyclic) bond motifs is 1. The molecule has 1 aliphatic carbocycles. The van der Waals surface area contributed by atoms with Crippen LogP contribution in [-0.2, 0) is 12.8 Å². The SMILES string of the molecule is CSc1sc(C(=O)O)c2c1CCCC2. The van der Waals surface area contributed by atoms with Gasteiger partial charge in [0.1, 0.15) is 4.88 Å². The van der Waals surface area contributed by atoms with Gasteiger partial charge in [0.15, 0.2) is 0 Å². The summed E-state index contributed by atoms with van der Waals surface area (Å²) in [5, 5.41) is 9.05. The molecule has 1 N–H and O–H groups in total. The largest absolute Gasteiger partial charge is 0.477 e. The summed E-state index contributed by atoms with van der Waals surface area (Å²) in [6.45, 7) is 0. The van der Waals surface area contributed by atoms with Crippen molar-refractivity contribution in [3.8, 4) is 0 Å². The third-order valence-electron chi connectivity index (χ3n) is 2.56. The average Bonchev–Trinajstić information content (AvgIpc) is 2.56. The highest BCUT2D eigenvalue weighted by Crippen LogP contribution is 2.39. The van der Waals surface area contributed by atoms with Gasteiger partial charge in [-0.2, -0.15) is 0 Å². The van der Waals surface area contributed by atoms with E-state index in [2.05, 4.69) is 0 Å². The monoisotopic (exact) mass is 228 g/mol. The molecule has 1 heterocycles. The van der Waals surface area contributed by atoms with Crippen molar-refractivity contribution in [2.45, 2.75) is 29.9 Å². The van der Waals surface area contributed by atoms with Gasteiger partial charge in [0.2, 0.25) is 0 Å². The van der Waals surface area contributed by atoms with E-state index < -0.39 is 5.97 Å². The fourth-order valence-electron chi connectivity index (χ4n) is 1.93. The van der Waals surface area contributed by atoms with E-state index in [-0.39, 0.29) is 0 Å². The standard InChI is InChI=1S/C10H12O2S2/c1-13-10-7-5-3-2-4-6(7)8(14-10)9(11)12/h2-5H2,1H3,(H,11,12). The van der Waals surface area contributed by atoms with Crippen molar-refractivity contribution >= 4 is 29.1 Å². The van der Waals surface area contributed by atoms with Crippen LogP contribution >= 0.6 is 23.1 Å². The molecule has 1 aromatic rings. The third kappa shape index (κ3) is 1.57. The third-order valence-corrected chi connectivity index (χ3v) is 4.99. The lowest BCUT2D eigenvalue weighted by molar-refractivity contribution is 0.0701. The van der Waals surface area contributed by atoms with Crippen LogP contribution in [0.15, 0.2) is 4.21 Å². The molecular formula is C10H12O2S2. The van der Waals surface area contributed by atoms with Crippen molar-refractivity contribution < 1.29 is 9.90 Å². The van der Waals surface area contributed by atoms with Crippen LogP contribution in [0.4, 0.5) is 0 Å². The maximum Gasteiger partial charge on any atom is 0.346 e. The maximum atomic E-state index is 11.0. The summed E-state index contributed by atoms with van der Waals surface area (Å²) in [5.41, 5.74) is 2.42. The van der Waals surface area contributed by atoms with E-state index in [1.165, 1.54) is 27.5 Å². The van der Waals surface area contributed by atoms with Gasteiger partial charge in [0.25, 0.3) is 0 Å². The maximum absolute atomic E-state index is 11.0. The van der Waals surface area contributed by atoms with Gasteiger partial charge in [-0.3, -0.25) is 0 Å². The fraction of sp³-hybridized carbons (Fsp3) is 0.500. The predicted octanol–water partition coefficient (Wildman–Crippen LogP) is 3.05. The van der Waals surface area contributed by atoms with Crippen molar-refractivity contribution in [3.05, 3.63) is 16.0 Å². The molecule has 0 spiro atoms. The second-order valence-electron chi connectivity index (χ2n) is 3.39. The summed E-state index contributed by atoms with van der Waals surface area (Å²) in [5.74, 6) is -0.756. The molecule has 0 saturated carbocycles. The Morgan fingerprint density at radius 3 is 2.57 bits per heavy atom. The van der Waals surface area contributed by atoms with Gasteiger partial charge < -0.3 is 5.11 Å². The van der Waals surface area contributed by atoms with Crippen LogP contribution in [-0.4, -0.2) is 17.3 Å². The first-order valence-electron chi connectivity index (χ1n) is 4.66. The highest BCUT2D eigenvalue weighted by molar-refractivity contribution is 8.00. The van der Waals surface area contributed by atoms with Gasteiger partial charge in [-0.1, -0.05) is 0 Å². The Hall–Kier alpha value is -0.480. The lowest BCUT2D eigenvalue weighted by Gasteiger charge is -2.12. The van der Waals surface area contributed by atoms with Crippen LogP contribution in [0.2, 0.25) is 0 Å². The minimum Gasteiger partial charge on any atom is -0.477 e. The smallest absolute Gasteiger partial charge is 0.346 e. The first kappa shape index (κ1) is 10.1. The van der Waals surface area contributed by atoms with Gasteiger partial charge >= 0.3 is 5.97 Å². The minimum atomic E-state index is -0.756. The van der Waals surface area contributed by atoms with Gasteiger partial charge in [-0.15, -0.1) is 23.1 Å². The molecule has 0 radical (unpaired) electrons. The molecule has 0 bridgehead atoms. The first-order valence-corrected chi connectivity index (χ1v) is 6.70. The predicted molar refractivity (Wildman–Crippen MR) is 59.7 cm³/mol. The van der Waals surface area contributed by atoms with Crippen molar-refractivity contribution in [3.63, 3.8) is 0 Å². The summed E-state index contributed by atoms with van der Waals surface area (Å²) in [6, 6.07) is 0.